The summed E-state index contributed by atoms with van der Waals surface area (Å²) in [6.07, 6.45) is 5.62. The van der Waals surface area contributed by atoms with Gasteiger partial charge in [0.05, 0.1) is 39.3 Å². The van der Waals surface area contributed by atoms with Crippen LogP contribution in [0.4, 0.5) is 0 Å². The van der Waals surface area contributed by atoms with Gasteiger partial charge >= 0.3 is 0 Å². The first-order valence-electron chi connectivity index (χ1n) is 28.6. The lowest BCUT2D eigenvalue weighted by molar-refractivity contribution is 1.17. The maximum absolute atomic E-state index is 5.54. The molecule has 0 unspecified atom stereocenters. The van der Waals surface area contributed by atoms with Crippen molar-refractivity contribution in [3.05, 3.63) is 255 Å². The van der Waals surface area contributed by atoms with Crippen molar-refractivity contribution in [2.45, 2.75) is 0 Å². The van der Waals surface area contributed by atoms with Crippen LogP contribution in [0.3, 0.4) is 0 Å². The normalized spacial score (nSPS) is 12.3. The highest BCUT2D eigenvalue weighted by atomic mass is 14.9. The van der Waals surface area contributed by atoms with Crippen molar-refractivity contribution < 1.29 is 0 Å². The lowest BCUT2D eigenvalue weighted by Crippen LogP contribution is -1.95. The third-order valence-electron chi connectivity index (χ3n) is 18.1. The fourth-order valence-electron chi connectivity index (χ4n) is 14.5. The molecule has 0 amide bonds. The Kier molecular flexibility index (Phi) is 9.24. The van der Waals surface area contributed by atoms with E-state index in [4.69, 9.17) is 29.9 Å². The SMILES string of the molecule is c1cnc2c(c1)ccc1ccc(-c3ccnc(-c4ccc5c6c(cccc46)-c4c-5c5cccc(-c6ccc7ccc(-c8ccnc(-c9ccc%10c%11c(cccc9%11)-c9c-%10c%10ccccc%10c%10ccccc9%10)c8)cc7n6)c5c5ccccc45)n3)nc12. The highest BCUT2D eigenvalue weighted by molar-refractivity contribution is 6.34. The maximum Gasteiger partial charge on any atom is 0.160 e. The molecule has 2 aliphatic carbocycles. The van der Waals surface area contributed by atoms with Gasteiger partial charge in [-0.25, -0.2) is 19.9 Å². The molecule has 6 heteroatoms. The van der Waals surface area contributed by atoms with Crippen molar-refractivity contribution in [3.63, 3.8) is 0 Å². The Morgan fingerprint density at radius 1 is 0.226 bits per heavy atom. The lowest BCUT2D eigenvalue weighted by atomic mass is 9.87. The first-order chi connectivity index (χ1) is 41.7. The van der Waals surface area contributed by atoms with Crippen LogP contribution in [-0.4, -0.2) is 29.9 Å². The van der Waals surface area contributed by atoms with E-state index < -0.39 is 0 Å². The number of benzene rings is 12. The van der Waals surface area contributed by atoms with Crippen molar-refractivity contribution in [2.24, 2.45) is 0 Å². The van der Waals surface area contributed by atoms with E-state index in [0.717, 1.165) is 88.7 Å². The average Bonchev–Trinajstić information content (AvgIpc) is 2.08. The minimum Gasteiger partial charge on any atom is -0.256 e. The number of fused-ring (bicyclic) bond motifs is 20. The fourth-order valence-corrected chi connectivity index (χ4v) is 14.5. The second-order valence-electron chi connectivity index (χ2n) is 22.4. The Bertz CT molecular complexity index is 5760. The van der Waals surface area contributed by atoms with Crippen LogP contribution in [0.1, 0.15) is 0 Å². The minimum atomic E-state index is 0.656. The molecule has 0 saturated heterocycles. The second kappa shape index (κ2) is 17.1. The van der Waals surface area contributed by atoms with Crippen LogP contribution >= 0.6 is 0 Å². The van der Waals surface area contributed by atoms with Gasteiger partial charge in [-0.05, 0) is 169 Å². The number of aromatic nitrogens is 6. The van der Waals surface area contributed by atoms with Crippen molar-refractivity contribution in [3.8, 4) is 101 Å². The summed E-state index contributed by atoms with van der Waals surface area (Å²) in [6, 6.07) is 85.6. The second-order valence-corrected chi connectivity index (χ2v) is 22.4. The first-order valence-corrected chi connectivity index (χ1v) is 28.6. The highest BCUT2D eigenvalue weighted by Crippen LogP contribution is 2.57. The van der Waals surface area contributed by atoms with Gasteiger partial charge in [0.25, 0.3) is 0 Å². The molecule has 384 valence electrons. The van der Waals surface area contributed by atoms with Gasteiger partial charge < -0.3 is 0 Å². The van der Waals surface area contributed by atoms with E-state index in [1.54, 1.807) is 0 Å². The van der Waals surface area contributed by atoms with E-state index in [-0.39, 0.29) is 0 Å². The van der Waals surface area contributed by atoms with Gasteiger partial charge in [-0.1, -0.05) is 188 Å². The summed E-state index contributed by atoms with van der Waals surface area (Å²) >= 11 is 0. The number of hydrogen-bond acceptors (Lipinski definition) is 6. The van der Waals surface area contributed by atoms with Crippen molar-refractivity contribution in [1.82, 2.24) is 29.9 Å². The Labute approximate surface area is 480 Å². The molecule has 0 saturated carbocycles. The van der Waals surface area contributed by atoms with Crippen LogP contribution in [-0.2, 0) is 0 Å². The molecule has 0 radical (unpaired) electrons. The molecule has 6 nitrogen and oxygen atoms in total. The zero-order chi connectivity index (χ0) is 54.7. The Morgan fingerprint density at radius 2 is 0.750 bits per heavy atom. The van der Waals surface area contributed by atoms with E-state index in [9.17, 15) is 0 Å². The summed E-state index contributed by atoms with van der Waals surface area (Å²) in [5.74, 6) is 0.656. The first kappa shape index (κ1) is 45.4. The molecular formula is C78H42N6. The quantitative estimate of drug-likeness (QED) is 0.160. The van der Waals surface area contributed by atoms with Gasteiger partial charge in [0.1, 0.15) is 0 Å². The Morgan fingerprint density at radius 3 is 1.50 bits per heavy atom. The number of nitrogens with zero attached hydrogens (tertiary/aromatic N) is 6. The number of pyridine rings is 4. The van der Waals surface area contributed by atoms with E-state index >= 15 is 0 Å². The number of hydrogen-bond donors (Lipinski definition) is 0. The fraction of sp³-hybridized carbons (Fsp3) is 0. The predicted molar refractivity (Wildman–Crippen MR) is 347 cm³/mol. The smallest absolute Gasteiger partial charge is 0.160 e. The molecule has 0 aliphatic heterocycles. The molecule has 0 fully saturated rings. The summed E-state index contributed by atoms with van der Waals surface area (Å²) in [5.41, 5.74) is 21.6. The monoisotopic (exact) mass is 1060 g/mol. The predicted octanol–water partition coefficient (Wildman–Crippen LogP) is 20.1. The van der Waals surface area contributed by atoms with Crippen LogP contribution in [0, 0.1) is 0 Å². The largest absolute Gasteiger partial charge is 0.256 e. The minimum absolute atomic E-state index is 0.656. The lowest BCUT2D eigenvalue weighted by Gasteiger charge is -2.16. The molecule has 0 bridgehead atoms. The van der Waals surface area contributed by atoms with Crippen molar-refractivity contribution in [1.29, 1.82) is 0 Å². The van der Waals surface area contributed by atoms with Gasteiger partial charge in [0, 0.05) is 51.4 Å². The van der Waals surface area contributed by atoms with Crippen LogP contribution in [0.25, 0.3) is 198 Å². The third-order valence-corrected chi connectivity index (χ3v) is 18.1. The molecule has 5 heterocycles. The average molecular weight is 1060 g/mol. The molecule has 0 N–H and O–H groups in total. The topological polar surface area (TPSA) is 77.3 Å². The highest BCUT2D eigenvalue weighted by Gasteiger charge is 2.30. The van der Waals surface area contributed by atoms with Gasteiger partial charge in [-0.15, -0.1) is 0 Å². The molecule has 12 aromatic carbocycles. The van der Waals surface area contributed by atoms with Crippen LogP contribution in [0.15, 0.2) is 255 Å². The molecular weight excluding hydrogens is 1020 g/mol. The summed E-state index contributed by atoms with van der Waals surface area (Å²) in [5, 5.41) is 18.0. The number of rotatable bonds is 5. The van der Waals surface area contributed by atoms with Gasteiger partial charge in [0.2, 0.25) is 0 Å². The van der Waals surface area contributed by atoms with Gasteiger partial charge in [-0.2, -0.15) is 0 Å². The Hall–Kier alpha value is -11.3. The molecule has 84 heavy (non-hydrogen) atoms. The van der Waals surface area contributed by atoms with E-state index in [0.29, 0.717) is 5.82 Å². The molecule has 0 atom stereocenters. The van der Waals surface area contributed by atoms with Crippen molar-refractivity contribution >= 4 is 97.3 Å². The van der Waals surface area contributed by atoms with Crippen LogP contribution in [0.5, 0.6) is 0 Å². The van der Waals surface area contributed by atoms with E-state index in [1.807, 2.05) is 36.8 Å². The molecule has 0 spiro atoms. The van der Waals surface area contributed by atoms with Crippen molar-refractivity contribution in [2.75, 3.05) is 0 Å². The van der Waals surface area contributed by atoms with Crippen LogP contribution < -0.4 is 0 Å². The summed E-state index contributed by atoms with van der Waals surface area (Å²) in [7, 11) is 0. The summed E-state index contributed by atoms with van der Waals surface area (Å²) in [4.78, 5) is 30.6. The van der Waals surface area contributed by atoms with E-state index in [1.165, 1.54) is 104 Å². The zero-order valence-electron chi connectivity index (χ0n) is 44.9. The zero-order valence-corrected chi connectivity index (χ0v) is 44.9. The Balaban J connectivity index is 0.709. The molecule has 5 aromatic heterocycles. The van der Waals surface area contributed by atoms with E-state index in [2.05, 4.69) is 218 Å². The van der Waals surface area contributed by atoms with Gasteiger partial charge in [0.15, 0.2) is 5.82 Å². The summed E-state index contributed by atoms with van der Waals surface area (Å²) < 4.78 is 0. The third kappa shape index (κ3) is 6.33. The molecule has 17 aromatic rings. The standard InChI is InChI=1S/C78H42N6/c1-3-14-51-48(12-1)49-13-2-4-15-52(49)73-62-32-30-50(53-18-7-21-60(70(53)62)72(51)73)68-42-47(36-39-79-68)46-27-24-43-28-34-64(82-67(43)41-46)58-20-9-23-59-69(58)54-16-5-6-17-55(54)74-61-22-8-19-56-57(31-33-63(71(56)61)75(59)74)78-81-40-37-66(84-78)65-35-29-45-26-25-44-11-10-38-80-76(44)77(45)83-65/h1-42H. The molecule has 2 aliphatic rings. The van der Waals surface area contributed by atoms with Gasteiger partial charge in [-0.3, -0.25) is 9.97 Å². The van der Waals surface area contributed by atoms with Crippen LogP contribution in [0.2, 0.25) is 0 Å². The maximum atomic E-state index is 5.54. The summed E-state index contributed by atoms with van der Waals surface area (Å²) in [6.45, 7) is 0. The molecule has 19 rings (SSSR count).